The number of hydrogen-bond acceptors (Lipinski definition) is 6. The van der Waals surface area contributed by atoms with E-state index >= 15 is 0 Å². The maximum absolute atomic E-state index is 12.3. The molecule has 1 aliphatic rings. The van der Waals surface area contributed by atoms with Crippen LogP contribution < -0.4 is 15.0 Å². The Morgan fingerprint density at radius 2 is 1.75 bits per heavy atom. The summed E-state index contributed by atoms with van der Waals surface area (Å²) in [6.45, 7) is 0.895. The van der Waals surface area contributed by atoms with E-state index in [0.29, 0.717) is 17.1 Å². The molecule has 2 aromatic rings. The van der Waals surface area contributed by atoms with Gasteiger partial charge < -0.3 is 14.8 Å². The number of nitrogens with zero attached hydrogens (tertiary/aromatic N) is 1. The zero-order valence-corrected chi connectivity index (χ0v) is 15.3. The maximum atomic E-state index is 12.3. The van der Waals surface area contributed by atoms with Gasteiger partial charge in [-0.05, 0) is 31.2 Å². The summed E-state index contributed by atoms with van der Waals surface area (Å²) >= 11 is 0. The highest BCUT2D eigenvalue weighted by Crippen LogP contribution is 2.30. The average Bonchev–Trinajstić information content (AvgIpc) is 2.96. The third kappa shape index (κ3) is 3.57. The van der Waals surface area contributed by atoms with Gasteiger partial charge in [0.25, 0.3) is 17.6 Å². The molecule has 1 heterocycles. The van der Waals surface area contributed by atoms with E-state index in [4.69, 9.17) is 9.47 Å². The van der Waals surface area contributed by atoms with E-state index in [-0.39, 0.29) is 5.56 Å². The molecule has 0 saturated carbocycles. The Balaban J connectivity index is 1.63. The number of para-hydroxylation sites is 3. The fraction of sp³-hybridized carbons (Fsp3) is 0.200. The second-order valence-corrected chi connectivity index (χ2v) is 6.05. The molecule has 0 saturated heterocycles. The first-order chi connectivity index (χ1) is 13.4. The second-order valence-electron chi connectivity index (χ2n) is 6.05. The smallest absolute Gasteiger partial charge is 0.329 e. The van der Waals surface area contributed by atoms with Crippen LogP contribution in [0.4, 0.5) is 11.4 Å². The topological polar surface area (TPSA) is 102 Å². The Bertz CT molecular complexity index is 955. The highest BCUT2D eigenvalue weighted by molar-refractivity contribution is 6.52. The number of methoxy groups -OCH3 is 1. The van der Waals surface area contributed by atoms with Crippen LogP contribution in [0.5, 0.6) is 5.75 Å². The van der Waals surface area contributed by atoms with Crippen molar-refractivity contribution in [2.75, 3.05) is 23.9 Å². The van der Waals surface area contributed by atoms with E-state index < -0.39 is 36.2 Å². The zero-order chi connectivity index (χ0) is 20.3. The number of hydrogen-bond donors (Lipinski definition) is 1. The molecule has 28 heavy (non-hydrogen) atoms. The molecule has 144 valence electrons. The van der Waals surface area contributed by atoms with E-state index in [2.05, 4.69) is 5.32 Å². The summed E-state index contributed by atoms with van der Waals surface area (Å²) in [6, 6.07) is 12.1. The van der Waals surface area contributed by atoms with Crippen LogP contribution in [-0.4, -0.2) is 43.3 Å². The number of rotatable bonds is 6. The van der Waals surface area contributed by atoms with E-state index in [1.165, 1.54) is 20.1 Å². The Kier molecular flexibility index (Phi) is 5.39. The van der Waals surface area contributed by atoms with E-state index in [1.54, 1.807) is 42.5 Å². The number of benzene rings is 2. The highest BCUT2D eigenvalue weighted by atomic mass is 16.5. The van der Waals surface area contributed by atoms with E-state index in [1.807, 2.05) is 0 Å². The summed E-state index contributed by atoms with van der Waals surface area (Å²) in [4.78, 5) is 49.8. The van der Waals surface area contributed by atoms with Crippen LogP contribution >= 0.6 is 0 Å². The van der Waals surface area contributed by atoms with E-state index in [0.717, 1.165) is 4.90 Å². The number of ketones is 1. The third-order valence-corrected chi connectivity index (χ3v) is 4.28. The number of fused-ring (bicyclic) bond motifs is 1. The third-order valence-electron chi connectivity index (χ3n) is 4.28. The van der Waals surface area contributed by atoms with Crippen LogP contribution in [0.1, 0.15) is 17.3 Å². The molecule has 1 aliphatic heterocycles. The molecule has 0 radical (unpaired) electrons. The van der Waals surface area contributed by atoms with Gasteiger partial charge in [-0.1, -0.05) is 24.3 Å². The van der Waals surface area contributed by atoms with Gasteiger partial charge in [-0.2, -0.15) is 0 Å². The summed E-state index contributed by atoms with van der Waals surface area (Å²) < 4.78 is 10.2. The van der Waals surface area contributed by atoms with Gasteiger partial charge in [0.05, 0.1) is 24.0 Å². The van der Waals surface area contributed by atoms with E-state index in [9.17, 15) is 19.2 Å². The van der Waals surface area contributed by atoms with Crippen molar-refractivity contribution in [2.45, 2.75) is 13.0 Å². The second kappa shape index (κ2) is 7.91. The van der Waals surface area contributed by atoms with Gasteiger partial charge in [-0.15, -0.1) is 0 Å². The van der Waals surface area contributed by atoms with Crippen molar-refractivity contribution in [3.05, 3.63) is 54.1 Å². The molecule has 3 rings (SSSR count). The monoisotopic (exact) mass is 382 g/mol. The molecule has 1 N–H and O–H groups in total. The molecule has 1 unspecified atom stereocenters. The molecule has 0 bridgehead atoms. The van der Waals surface area contributed by atoms with Crippen molar-refractivity contribution >= 4 is 34.9 Å². The fourth-order valence-electron chi connectivity index (χ4n) is 2.89. The quantitative estimate of drug-likeness (QED) is 0.604. The lowest BCUT2D eigenvalue weighted by atomic mass is 10.1. The van der Waals surface area contributed by atoms with Crippen LogP contribution in [0.2, 0.25) is 0 Å². The van der Waals surface area contributed by atoms with Gasteiger partial charge in [0.1, 0.15) is 11.8 Å². The van der Waals surface area contributed by atoms with Crippen LogP contribution in [-0.2, 0) is 19.1 Å². The molecule has 0 aromatic heterocycles. The number of ether oxygens (including phenoxy) is 2. The summed E-state index contributed by atoms with van der Waals surface area (Å²) in [6.07, 6.45) is 0. The number of Topliss-reactive ketones (excluding diaryl/α,β-unsaturated/α-hetero) is 1. The van der Waals surface area contributed by atoms with Crippen LogP contribution in [0.3, 0.4) is 0 Å². The van der Waals surface area contributed by atoms with Crippen molar-refractivity contribution in [1.29, 1.82) is 0 Å². The van der Waals surface area contributed by atoms with Gasteiger partial charge in [0, 0.05) is 0 Å². The number of carbonyl (C=O) groups is 4. The van der Waals surface area contributed by atoms with Gasteiger partial charge in [0.15, 0.2) is 6.61 Å². The number of carbonyl (C=O) groups excluding carboxylic acids is 4. The lowest BCUT2D eigenvalue weighted by Gasteiger charge is -2.22. The molecule has 8 heteroatoms. The molecule has 1 atom stereocenters. The van der Waals surface area contributed by atoms with Crippen LogP contribution in [0, 0.1) is 0 Å². The van der Waals surface area contributed by atoms with Crippen LogP contribution in [0.25, 0.3) is 0 Å². The molecule has 0 aliphatic carbocycles. The largest absolute Gasteiger partial charge is 0.495 e. The van der Waals surface area contributed by atoms with Crippen molar-refractivity contribution in [3.63, 3.8) is 0 Å². The first-order valence-electron chi connectivity index (χ1n) is 8.50. The molecule has 0 fully saturated rings. The normalized spacial score (nSPS) is 13.7. The molecular weight excluding hydrogens is 364 g/mol. The zero-order valence-electron chi connectivity index (χ0n) is 15.3. The molecule has 0 spiro atoms. The predicted octanol–water partition coefficient (Wildman–Crippen LogP) is 1.79. The SMILES string of the molecule is COc1ccccc1NC(=O)COC(=O)C(C)N1C(=O)C(=O)c2ccccc21. The summed E-state index contributed by atoms with van der Waals surface area (Å²) in [7, 11) is 1.47. The summed E-state index contributed by atoms with van der Waals surface area (Å²) in [5.41, 5.74) is 1.02. The average molecular weight is 382 g/mol. The maximum Gasteiger partial charge on any atom is 0.329 e. The molecule has 8 nitrogen and oxygen atoms in total. The minimum atomic E-state index is -1.06. The predicted molar refractivity (Wildman–Crippen MR) is 100 cm³/mol. The standard InChI is InChI=1S/C20H18N2O6/c1-12(22-15-9-5-3-7-13(15)18(24)19(22)25)20(26)28-11-17(23)21-14-8-4-6-10-16(14)27-2/h3-10,12H,11H2,1-2H3,(H,21,23). The van der Waals surface area contributed by atoms with Gasteiger partial charge in [-0.3, -0.25) is 19.3 Å². The number of amides is 2. The van der Waals surface area contributed by atoms with Crippen molar-refractivity contribution in [1.82, 2.24) is 0 Å². The van der Waals surface area contributed by atoms with Gasteiger partial charge in [-0.25, -0.2) is 4.79 Å². The minimum Gasteiger partial charge on any atom is -0.495 e. The molecule has 2 aromatic carbocycles. The van der Waals surface area contributed by atoms with Crippen molar-refractivity contribution in [3.8, 4) is 5.75 Å². The van der Waals surface area contributed by atoms with Gasteiger partial charge in [0.2, 0.25) is 0 Å². The van der Waals surface area contributed by atoms with Crippen molar-refractivity contribution < 1.29 is 28.7 Å². The summed E-state index contributed by atoms with van der Waals surface area (Å²) in [5, 5.41) is 2.58. The van der Waals surface area contributed by atoms with Gasteiger partial charge >= 0.3 is 5.97 Å². The Morgan fingerprint density at radius 1 is 1.07 bits per heavy atom. The Labute approximate surface area is 161 Å². The number of anilines is 2. The lowest BCUT2D eigenvalue weighted by molar-refractivity contribution is -0.148. The number of esters is 1. The molecular formula is C20H18N2O6. The Hall–Kier alpha value is -3.68. The lowest BCUT2D eigenvalue weighted by Crippen LogP contribution is -2.44. The number of nitrogens with one attached hydrogen (secondary N) is 1. The fourth-order valence-corrected chi connectivity index (χ4v) is 2.89. The minimum absolute atomic E-state index is 0.237. The first-order valence-corrected chi connectivity index (χ1v) is 8.50. The molecule has 2 amide bonds. The summed E-state index contributed by atoms with van der Waals surface area (Å²) in [5.74, 6) is -2.37. The Morgan fingerprint density at radius 3 is 2.50 bits per heavy atom. The van der Waals surface area contributed by atoms with Crippen molar-refractivity contribution in [2.24, 2.45) is 0 Å². The van der Waals surface area contributed by atoms with Crippen LogP contribution in [0.15, 0.2) is 48.5 Å². The highest BCUT2D eigenvalue weighted by Gasteiger charge is 2.41. The first kappa shape index (κ1) is 19.1.